The summed E-state index contributed by atoms with van der Waals surface area (Å²) in [6.45, 7) is 0.504. The predicted octanol–water partition coefficient (Wildman–Crippen LogP) is 3.54. The highest BCUT2D eigenvalue weighted by Crippen LogP contribution is 2.34. The number of urea groups is 1. The normalized spacial score (nSPS) is 18.4. The van der Waals surface area contributed by atoms with Gasteiger partial charge in [-0.15, -0.1) is 11.3 Å². The number of hydrogen-bond donors (Lipinski definition) is 1. The summed E-state index contributed by atoms with van der Waals surface area (Å²) in [5, 5.41) is 1.98. The van der Waals surface area contributed by atoms with E-state index in [2.05, 4.69) is 20.9 Å². The molecule has 0 bridgehead atoms. The largest absolute Gasteiger partial charge is 0.385 e. The minimum Gasteiger partial charge on any atom is -0.385 e. The molecule has 102 valence electrons. The first-order valence-electron chi connectivity index (χ1n) is 6.07. The Kier molecular flexibility index (Phi) is 3.58. The minimum absolute atomic E-state index is 0.265. The van der Waals surface area contributed by atoms with Gasteiger partial charge in [-0.05, 0) is 27.6 Å². The van der Waals surface area contributed by atoms with Crippen molar-refractivity contribution < 1.29 is 4.79 Å². The van der Waals surface area contributed by atoms with Crippen molar-refractivity contribution >= 4 is 39.1 Å². The van der Waals surface area contributed by atoms with Gasteiger partial charge < -0.3 is 10.6 Å². The molecule has 2 heterocycles. The predicted molar refractivity (Wildman–Crippen MR) is 83.8 cm³/mol. The summed E-state index contributed by atoms with van der Waals surface area (Å²) in [6, 6.07) is 11.3. The molecule has 1 atom stereocenters. The van der Waals surface area contributed by atoms with E-state index in [1.807, 2.05) is 41.8 Å². The van der Waals surface area contributed by atoms with Gasteiger partial charge in [-0.25, -0.2) is 4.79 Å². The van der Waals surface area contributed by atoms with Crippen LogP contribution in [0.15, 0.2) is 51.2 Å². The Labute approximate surface area is 129 Å². The zero-order valence-corrected chi connectivity index (χ0v) is 12.9. The monoisotopic (exact) mass is 349 g/mol. The summed E-state index contributed by atoms with van der Waals surface area (Å²) in [7, 11) is 0. The zero-order valence-electron chi connectivity index (χ0n) is 10.5. The Morgan fingerprint density at radius 2 is 2.10 bits per heavy atom. The molecule has 1 aliphatic heterocycles. The van der Waals surface area contributed by atoms with Crippen LogP contribution in [0.25, 0.3) is 0 Å². The van der Waals surface area contributed by atoms with Gasteiger partial charge >= 0.3 is 6.03 Å². The van der Waals surface area contributed by atoms with Crippen LogP contribution in [0.4, 0.5) is 4.79 Å². The Balaban J connectivity index is 1.90. The smallest absolute Gasteiger partial charge is 0.346 e. The van der Waals surface area contributed by atoms with Gasteiger partial charge in [0.1, 0.15) is 11.9 Å². The second-order valence-electron chi connectivity index (χ2n) is 4.50. The van der Waals surface area contributed by atoms with E-state index >= 15 is 0 Å². The average Bonchev–Trinajstić information content (AvgIpc) is 2.95. The molecule has 0 spiro atoms. The van der Waals surface area contributed by atoms with Gasteiger partial charge in [0.15, 0.2) is 0 Å². The zero-order chi connectivity index (χ0) is 14.1. The van der Waals surface area contributed by atoms with E-state index in [1.54, 1.807) is 16.2 Å². The number of aliphatic imine (C=N–C) groups is 1. The van der Waals surface area contributed by atoms with E-state index in [0.717, 1.165) is 14.9 Å². The summed E-state index contributed by atoms with van der Waals surface area (Å²) in [6.07, 6.45) is 0. The Hall–Kier alpha value is -1.66. The standard InChI is InChI=1S/C14H12BrN3OS/c15-10-6-11(20-8-10)12-13(16)17-14(19)18(12)7-9-4-2-1-3-5-9/h1-6,8,12H,7H2,(H2,16,17,19). The van der Waals surface area contributed by atoms with Gasteiger partial charge in [0, 0.05) is 21.3 Å². The first-order valence-corrected chi connectivity index (χ1v) is 7.75. The van der Waals surface area contributed by atoms with Crippen LogP contribution in [-0.2, 0) is 6.54 Å². The third-order valence-corrected chi connectivity index (χ3v) is 4.86. The van der Waals surface area contributed by atoms with Crippen molar-refractivity contribution in [2.45, 2.75) is 12.6 Å². The molecule has 0 saturated carbocycles. The summed E-state index contributed by atoms with van der Waals surface area (Å²) in [5.74, 6) is 0.361. The van der Waals surface area contributed by atoms with E-state index in [4.69, 9.17) is 5.73 Å². The first kappa shape index (κ1) is 13.3. The number of nitrogens with two attached hydrogens (primary N) is 1. The summed E-state index contributed by atoms with van der Waals surface area (Å²) in [5.41, 5.74) is 7.00. The lowest BCUT2D eigenvalue weighted by Crippen LogP contribution is -2.32. The summed E-state index contributed by atoms with van der Waals surface area (Å²) in [4.78, 5) is 18.6. The van der Waals surface area contributed by atoms with Crippen molar-refractivity contribution in [2.75, 3.05) is 0 Å². The van der Waals surface area contributed by atoms with Crippen LogP contribution in [0.5, 0.6) is 0 Å². The van der Waals surface area contributed by atoms with Crippen LogP contribution in [-0.4, -0.2) is 16.8 Å². The molecular formula is C14H12BrN3OS. The molecule has 1 aromatic heterocycles. The minimum atomic E-state index is -0.277. The highest BCUT2D eigenvalue weighted by Gasteiger charge is 2.35. The van der Waals surface area contributed by atoms with E-state index in [-0.39, 0.29) is 12.1 Å². The lowest BCUT2D eigenvalue weighted by atomic mass is 10.1. The van der Waals surface area contributed by atoms with Gasteiger partial charge in [0.05, 0.1) is 0 Å². The molecule has 0 fully saturated rings. The third-order valence-electron chi connectivity index (χ3n) is 3.12. The second-order valence-corrected chi connectivity index (χ2v) is 6.36. The molecule has 6 heteroatoms. The third kappa shape index (κ3) is 2.48. The Bertz CT molecular complexity index is 668. The first-order chi connectivity index (χ1) is 9.65. The van der Waals surface area contributed by atoms with E-state index < -0.39 is 0 Å². The second kappa shape index (κ2) is 5.38. The van der Waals surface area contributed by atoms with Crippen LogP contribution in [0, 0.1) is 0 Å². The molecular weight excluding hydrogens is 338 g/mol. The fourth-order valence-electron chi connectivity index (χ4n) is 2.22. The molecule has 0 radical (unpaired) electrons. The molecule has 3 rings (SSSR count). The number of carbonyl (C=O) groups is 1. The number of halogens is 1. The van der Waals surface area contributed by atoms with Crippen LogP contribution in [0.3, 0.4) is 0 Å². The Morgan fingerprint density at radius 3 is 2.75 bits per heavy atom. The molecule has 20 heavy (non-hydrogen) atoms. The number of hydrogen-bond acceptors (Lipinski definition) is 3. The van der Waals surface area contributed by atoms with Gasteiger partial charge in [0.25, 0.3) is 0 Å². The average molecular weight is 350 g/mol. The maximum absolute atomic E-state index is 12.0. The number of amidine groups is 1. The van der Waals surface area contributed by atoms with Gasteiger partial charge in [0.2, 0.25) is 0 Å². The van der Waals surface area contributed by atoms with Gasteiger partial charge in [-0.2, -0.15) is 4.99 Å². The molecule has 0 aliphatic carbocycles. The maximum atomic E-state index is 12.0. The molecule has 4 nitrogen and oxygen atoms in total. The molecule has 2 aromatic rings. The van der Waals surface area contributed by atoms with Crippen molar-refractivity contribution in [3.8, 4) is 0 Å². The van der Waals surface area contributed by atoms with Crippen LogP contribution in [0.2, 0.25) is 0 Å². The summed E-state index contributed by atoms with van der Waals surface area (Å²) < 4.78 is 0.990. The quantitative estimate of drug-likeness (QED) is 0.920. The summed E-state index contributed by atoms with van der Waals surface area (Å²) >= 11 is 4.99. The molecule has 0 saturated heterocycles. The molecule has 2 amide bonds. The maximum Gasteiger partial charge on any atom is 0.346 e. The fourth-order valence-corrected chi connectivity index (χ4v) is 3.78. The highest BCUT2D eigenvalue weighted by molar-refractivity contribution is 9.10. The molecule has 1 aromatic carbocycles. The van der Waals surface area contributed by atoms with E-state index in [1.165, 1.54) is 0 Å². The number of thiophene rings is 1. The lowest BCUT2D eigenvalue weighted by Gasteiger charge is -2.23. The topological polar surface area (TPSA) is 58.7 Å². The van der Waals surface area contributed by atoms with Crippen LogP contribution in [0.1, 0.15) is 16.5 Å². The number of amides is 2. The highest BCUT2D eigenvalue weighted by atomic mass is 79.9. The van der Waals surface area contributed by atoms with Crippen molar-refractivity contribution in [1.29, 1.82) is 0 Å². The number of benzene rings is 1. The van der Waals surface area contributed by atoms with Gasteiger partial charge in [-0.1, -0.05) is 30.3 Å². The Morgan fingerprint density at radius 1 is 1.35 bits per heavy atom. The van der Waals surface area contributed by atoms with Crippen molar-refractivity contribution in [3.05, 3.63) is 56.7 Å². The molecule has 2 N–H and O–H groups in total. The SMILES string of the molecule is NC1=NC(=O)N(Cc2ccccc2)C1c1cc(Br)cs1. The number of nitrogens with zero attached hydrogens (tertiary/aromatic N) is 2. The van der Waals surface area contributed by atoms with Crippen LogP contribution < -0.4 is 5.73 Å². The molecule has 1 unspecified atom stereocenters. The number of rotatable bonds is 3. The van der Waals surface area contributed by atoms with Crippen molar-refractivity contribution in [3.63, 3.8) is 0 Å². The van der Waals surface area contributed by atoms with Crippen molar-refractivity contribution in [2.24, 2.45) is 10.7 Å². The lowest BCUT2D eigenvalue weighted by molar-refractivity contribution is 0.204. The molecule has 1 aliphatic rings. The van der Waals surface area contributed by atoms with E-state index in [9.17, 15) is 4.79 Å². The van der Waals surface area contributed by atoms with Crippen LogP contribution >= 0.6 is 27.3 Å². The van der Waals surface area contributed by atoms with E-state index in [0.29, 0.717) is 12.4 Å². The fraction of sp³-hybridized carbons (Fsp3) is 0.143. The van der Waals surface area contributed by atoms with Crippen molar-refractivity contribution in [1.82, 2.24) is 4.90 Å². The van der Waals surface area contributed by atoms with Gasteiger partial charge in [-0.3, -0.25) is 0 Å². The number of carbonyl (C=O) groups excluding carboxylic acids is 1.